The molecule has 11 heteroatoms. The molecule has 1 aromatic rings. The Bertz CT molecular complexity index is 624. The van der Waals surface area contributed by atoms with Crippen LogP contribution in [0.2, 0.25) is 5.02 Å². The second-order valence-corrected chi connectivity index (χ2v) is 8.70. The average molecular weight is 421 g/mol. The van der Waals surface area contributed by atoms with Crippen molar-refractivity contribution in [3.63, 3.8) is 0 Å². The Morgan fingerprint density at radius 2 is 2.05 bits per heavy atom. The fourth-order valence-corrected chi connectivity index (χ4v) is 5.03. The van der Waals surface area contributed by atoms with Gasteiger partial charge in [-0.3, -0.25) is 9.59 Å². The van der Waals surface area contributed by atoms with Crippen LogP contribution in [0.1, 0.15) is 19.3 Å². The Morgan fingerprint density at radius 3 is 2.48 bits per heavy atom. The minimum absolute atomic E-state index is 0.0453. The summed E-state index contributed by atoms with van der Waals surface area (Å²) in [5.74, 6) is -2.44. The predicted molar refractivity (Wildman–Crippen MR) is 80.3 cm³/mol. The van der Waals surface area contributed by atoms with Crippen molar-refractivity contribution in [2.75, 3.05) is 0 Å². The first kappa shape index (κ1) is 18.4. The van der Waals surface area contributed by atoms with Gasteiger partial charge < -0.3 is 10.2 Å². The molecular formula is C10H11BrClNO6S2. The normalized spacial score (nSPS) is 13.0. The topological polar surface area (TPSA) is 121 Å². The third-order valence-electron chi connectivity index (χ3n) is 2.37. The minimum atomic E-state index is -4.03. The van der Waals surface area contributed by atoms with Crippen molar-refractivity contribution in [1.29, 1.82) is 0 Å². The maximum atomic E-state index is 12.0. The summed E-state index contributed by atoms with van der Waals surface area (Å²) in [6.45, 7) is 0. The molecule has 7 nitrogen and oxygen atoms in total. The van der Waals surface area contributed by atoms with Gasteiger partial charge in [0.25, 0.3) is 10.0 Å². The van der Waals surface area contributed by atoms with Crippen LogP contribution in [0.5, 0.6) is 0 Å². The molecule has 3 N–H and O–H groups in total. The lowest BCUT2D eigenvalue weighted by Gasteiger charge is -2.13. The highest BCUT2D eigenvalue weighted by molar-refractivity contribution is 9.11. The van der Waals surface area contributed by atoms with Crippen LogP contribution in [-0.2, 0) is 19.6 Å². The lowest BCUT2D eigenvalue weighted by molar-refractivity contribution is -0.140. The van der Waals surface area contributed by atoms with E-state index in [2.05, 4.69) is 15.9 Å². The van der Waals surface area contributed by atoms with Crippen molar-refractivity contribution in [2.45, 2.75) is 29.5 Å². The van der Waals surface area contributed by atoms with E-state index in [4.69, 9.17) is 21.8 Å². The van der Waals surface area contributed by atoms with Gasteiger partial charge in [0.15, 0.2) is 0 Å². The molecule has 1 atom stereocenters. The number of sulfonamides is 1. The molecule has 0 spiro atoms. The van der Waals surface area contributed by atoms with Crippen LogP contribution in [0.25, 0.3) is 0 Å². The molecule has 0 aromatic carbocycles. The highest BCUT2D eigenvalue weighted by Gasteiger charge is 2.27. The molecule has 1 aromatic heterocycles. The number of rotatable bonds is 8. The van der Waals surface area contributed by atoms with Crippen LogP contribution in [0.15, 0.2) is 14.1 Å². The maximum absolute atomic E-state index is 12.0. The SMILES string of the molecule is O=C(O)CCC[C@@H](NS(=O)(=O)c1cc(Cl)c(Br)s1)C(=O)O. The zero-order valence-corrected chi connectivity index (χ0v) is 14.4. The van der Waals surface area contributed by atoms with E-state index in [9.17, 15) is 18.0 Å². The lowest BCUT2D eigenvalue weighted by atomic mass is 10.1. The summed E-state index contributed by atoms with van der Waals surface area (Å²) in [4.78, 5) is 21.4. The summed E-state index contributed by atoms with van der Waals surface area (Å²) in [5.41, 5.74) is 0. The summed E-state index contributed by atoms with van der Waals surface area (Å²) in [5, 5.41) is 17.7. The molecule has 0 aliphatic heterocycles. The minimum Gasteiger partial charge on any atom is -0.481 e. The van der Waals surface area contributed by atoms with Gasteiger partial charge in [-0.05, 0) is 34.8 Å². The number of carboxylic acids is 2. The van der Waals surface area contributed by atoms with E-state index >= 15 is 0 Å². The number of thiophene rings is 1. The van der Waals surface area contributed by atoms with Crippen LogP contribution in [0.3, 0.4) is 0 Å². The first-order valence-corrected chi connectivity index (χ1v) is 9.02. The Labute approximate surface area is 138 Å². The molecule has 1 rings (SSSR count). The molecule has 21 heavy (non-hydrogen) atoms. The fraction of sp³-hybridized carbons (Fsp3) is 0.400. The van der Waals surface area contributed by atoms with Crippen LogP contribution in [0, 0.1) is 0 Å². The fourth-order valence-electron chi connectivity index (χ4n) is 1.39. The highest BCUT2D eigenvalue weighted by Crippen LogP contribution is 2.34. The molecule has 0 radical (unpaired) electrons. The van der Waals surface area contributed by atoms with Gasteiger partial charge in [0.2, 0.25) is 0 Å². The first-order chi connectivity index (χ1) is 9.63. The van der Waals surface area contributed by atoms with Crippen LogP contribution in [-0.4, -0.2) is 36.6 Å². The van der Waals surface area contributed by atoms with Crippen molar-refractivity contribution in [3.8, 4) is 0 Å². The molecular weight excluding hydrogens is 410 g/mol. The zero-order valence-electron chi connectivity index (χ0n) is 10.4. The van der Waals surface area contributed by atoms with Gasteiger partial charge in [0, 0.05) is 6.42 Å². The van der Waals surface area contributed by atoms with E-state index < -0.39 is 28.0 Å². The van der Waals surface area contributed by atoms with Gasteiger partial charge >= 0.3 is 11.9 Å². The Hall–Kier alpha value is -0.680. The molecule has 0 fully saturated rings. The standard InChI is InChI=1S/C10H11BrClNO6S2/c11-9-5(12)4-8(20-9)21(18,19)13-6(10(16)17)2-1-3-7(14)15/h4,6,13H,1-3H2,(H,14,15)(H,16,17)/t6-/m1/s1. The number of nitrogens with one attached hydrogen (secondary N) is 1. The number of carbonyl (C=O) groups is 2. The molecule has 0 aliphatic rings. The monoisotopic (exact) mass is 419 g/mol. The smallest absolute Gasteiger partial charge is 0.321 e. The van der Waals surface area contributed by atoms with E-state index in [0.29, 0.717) is 3.79 Å². The van der Waals surface area contributed by atoms with Crippen molar-refractivity contribution in [2.24, 2.45) is 0 Å². The molecule has 118 valence electrons. The van der Waals surface area contributed by atoms with Gasteiger partial charge in [-0.2, -0.15) is 4.72 Å². The van der Waals surface area contributed by atoms with Gasteiger partial charge in [-0.15, -0.1) is 11.3 Å². The van der Waals surface area contributed by atoms with Gasteiger partial charge in [0.05, 0.1) is 8.81 Å². The molecule has 0 amide bonds. The number of halogens is 2. The van der Waals surface area contributed by atoms with Crippen molar-refractivity contribution in [1.82, 2.24) is 4.72 Å². The number of carboxylic acid groups (broad SMARTS) is 2. The quantitative estimate of drug-likeness (QED) is 0.592. The Morgan fingerprint density at radius 1 is 1.43 bits per heavy atom. The number of hydrogen-bond acceptors (Lipinski definition) is 5. The van der Waals surface area contributed by atoms with Crippen LogP contribution >= 0.6 is 38.9 Å². The van der Waals surface area contributed by atoms with E-state index in [1.165, 1.54) is 6.07 Å². The summed E-state index contributed by atoms with van der Waals surface area (Å²) < 4.78 is 26.4. The van der Waals surface area contributed by atoms with Gasteiger partial charge in [0.1, 0.15) is 10.3 Å². The second-order valence-electron chi connectivity index (χ2n) is 3.99. The Balaban J connectivity index is 2.82. The summed E-state index contributed by atoms with van der Waals surface area (Å²) in [7, 11) is -4.03. The van der Waals surface area contributed by atoms with E-state index in [1.807, 2.05) is 4.72 Å². The van der Waals surface area contributed by atoms with Crippen LogP contribution in [0.4, 0.5) is 0 Å². The molecule has 0 saturated heterocycles. The number of hydrogen-bond donors (Lipinski definition) is 3. The lowest BCUT2D eigenvalue weighted by Crippen LogP contribution is -2.40. The molecule has 0 saturated carbocycles. The molecule has 1 heterocycles. The second kappa shape index (κ2) is 7.54. The first-order valence-electron chi connectivity index (χ1n) is 5.55. The van der Waals surface area contributed by atoms with Crippen molar-refractivity contribution >= 4 is 60.8 Å². The van der Waals surface area contributed by atoms with E-state index in [1.54, 1.807) is 0 Å². The summed E-state index contributed by atoms with van der Waals surface area (Å²) in [6.07, 6.45) is -0.313. The number of aliphatic carboxylic acids is 2. The Kier molecular flexibility index (Phi) is 6.60. The van der Waals surface area contributed by atoms with Gasteiger partial charge in [-0.25, -0.2) is 8.42 Å². The van der Waals surface area contributed by atoms with E-state index in [-0.39, 0.29) is 28.5 Å². The van der Waals surface area contributed by atoms with Crippen molar-refractivity contribution < 1.29 is 28.2 Å². The van der Waals surface area contributed by atoms with Gasteiger partial charge in [-0.1, -0.05) is 11.6 Å². The highest BCUT2D eigenvalue weighted by atomic mass is 79.9. The summed E-state index contributed by atoms with van der Waals surface area (Å²) in [6, 6.07) is -0.191. The largest absolute Gasteiger partial charge is 0.481 e. The third-order valence-corrected chi connectivity index (χ3v) is 6.79. The molecule has 0 unspecified atom stereocenters. The average Bonchev–Trinajstić information content (AvgIpc) is 2.68. The summed E-state index contributed by atoms with van der Waals surface area (Å²) >= 11 is 9.67. The molecule has 0 aliphatic carbocycles. The zero-order chi connectivity index (χ0) is 16.2. The molecule has 0 bridgehead atoms. The van der Waals surface area contributed by atoms with E-state index in [0.717, 1.165) is 11.3 Å². The van der Waals surface area contributed by atoms with Crippen LogP contribution < -0.4 is 4.72 Å². The van der Waals surface area contributed by atoms with Crippen molar-refractivity contribution in [3.05, 3.63) is 14.9 Å². The third kappa shape index (κ3) is 5.55. The predicted octanol–water partition coefficient (Wildman–Crippen LogP) is 2.15. The maximum Gasteiger partial charge on any atom is 0.321 e.